The summed E-state index contributed by atoms with van der Waals surface area (Å²) in [5, 5.41) is 18.7. The monoisotopic (exact) mass is 427 g/mol. The van der Waals surface area contributed by atoms with E-state index in [1.807, 2.05) is 48.6 Å². The Kier molecular flexibility index (Phi) is 6.50. The first kappa shape index (κ1) is 21.2. The number of tetrazole rings is 1. The summed E-state index contributed by atoms with van der Waals surface area (Å²) in [5.74, 6) is 1.22. The van der Waals surface area contributed by atoms with Crippen molar-refractivity contribution in [3.63, 3.8) is 0 Å². The van der Waals surface area contributed by atoms with Gasteiger partial charge in [-0.15, -0.1) is 16.8 Å². The van der Waals surface area contributed by atoms with Gasteiger partial charge in [-0.05, 0) is 46.9 Å². The first-order valence-corrected chi connectivity index (χ1v) is 10.6. The minimum atomic E-state index is -0.112. The van der Waals surface area contributed by atoms with Crippen LogP contribution in [-0.4, -0.2) is 35.0 Å². The molecule has 4 rings (SSSR count). The molecule has 162 valence electrons. The van der Waals surface area contributed by atoms with E-state index in [1.54, 1.807) is 10.6 Å². The van der Waals surface area contributed by atoms with Crippen LogP contribution < -0.4 is 5.69 Å². The van der Waals surface area contributed by atoms with Crippen LogP contribution in [0, 0.1) is 0 Å². The van der Waals surface area contributed by atoms with Crippen molar-refractivity contribution >= 4 is 6.08 Å². The number of hydrogen-bond acceptors (Lipinski definition) is 5. The Morgan fingerprint density at radius 1 is 1.09 bits per heavy atom. The average Bonchev–Trinajstić information content (AvgIpc) is 3.46. The highest BCUT2D eigenvalue weighted by molar-refractivity contribution is 5.70. The lowest BCUT2D eigenvalue weighted by molar-refractivity contribution is 0.587. The van der Waals surface area contributed by atoms with E-state index in [1.165, 1.54) is 4.68 Å². The van der Waals surface area contributed by atoms with E-state index in [0.29, 0.717) is 31.2 Å². The molecular weight excluding hydrogens is 402 g/mol. The second-order valence-electron chi connectivity index (χ2n) is 7.35. The molecular formula is C24H25N7O. The summed E-state index contributed by atoms with van der Waals surface area (Å²) in [6, 6.07) is 16.2. The lowest BCUT2D eigenvalue weighted by atomic mass is 10.0. The highest BCUT2D eigenvalue weighted by Gasteiger charge is 2.12. The van der Waals surface area contributed by atoms with Gasteiger partial charge in [-0.2, -0.15) is 10.3 Å². The normalized spacial score (nSPS) is 11.3. The van der Waals surface area contributed by atoms with Gasteiger partial charge < -0.3 is 0 Å². The highest BCUT2D eigenvalue weighted by Crippen LogP contribution is 2.24. The fourth-order valence-corrected chi connectivity index (χ4v) is 3.42. The largest absolute Gasteiger partial charge is 0.346 e. The zero-order valence-corrected chi connectivity index (χ0v) is 18.0. The van der Waals surface area contributed by atoms with Crippen LogP contribution >= 0.6 is 0 Å². The highest BCUT2D eigenvalue weighted by atomic mass is 16.2. The summed E-state index contributed by atoms with van der Waals surface area (Å²) in [6.45, 7) is 6.77. The first-order valence-electron chi connectivity index (χ1n) is 10.6. The molecule has 0 saturated carbocycles. The Balaban J connectivity index is 1.59. The smallest absolute Gasteiger partial charge is 0.271 e. The standard InChI is InChI=1S/C24H25N7O/c1-3-5-10-22-27-31(15-6-4-2)24(32)30(22)17-18-11-13-19(14-12-18)20-8-7-9-21(16-20)23-25-28-29-26-23/h4-5,7-14,16H,2-3,6,15,17H2,1H3,(H,25,26,28,29). The van der Waals surface area contributed by atoms with Crippen molar-refractivity contribution in [2.24, 2.45) is 0 Å². The van der Waals surface area contributed by atoms with Gasteiger partial charge in [0.2, 0.25) is 5.82 Å². The number of nitrogens with one attached hydrogen (secondary N) is 1. The van der Waals surface area contributed by atoms with Gasteiger partial charge in [-0.1, -0.05) is 61.5 Å². The number of benzene rings is 2. The molecule has 2 aromatic carbocycles. The number of nitrogens with zero attached hydrogens (tertiary/aromatic N) is 6. The third-order valence-electron chi connectivity index (χ3n) is 5.09. The Labute approximate surface area is 185 Å². The summed E-state index contributed by atoms with van der Waals surface area (Å²) in [6.07, 6.45) is 7.29. The predicted molar refractivity (Wildman–Crippen MR) is 125 cm³/mol. The number of aromatic amines is 1. The van der Waals surface area contributed by atoms with Gasteiger partial charge in [0.05, 0.1) is 6.54 Å². The van der Waals surface area contributed by atoms with Crippen LogP contribution in [-0.2, 0) is 13.1 Å². The van der Waals surface area contributed by atoms with Gasteiger partial charge in [0.1, 0.15) is 0 Å². The number of aryl methyl sites for hydroxylation is 1. The van der Waals surface area contributed by atoms with Gasteiger partial charge in [0, 0.05) is 12.1 Å². The molecule has 0 unspecified atom stereocenters. The van der Waals surface area contributed by atoms with E-state index in [2.05, 4.69) is 51.4 Å². The zero-order chi connectivity index (χ0) is 22.3. The topological polar surface area (TPSA) is 94.3 Å². The van der Waals surface area contributed by atoms with Crippen molar-refractivity contribution in [1.29, 1.82) is 0 Å². The number of aromatic nitrogens is 7. The molecule has 2 aromatic heterocycles. The van der Waals surface area contributed by atoms with Crippen LogP contribution in [0.5, 0.6) is 0 Å². The first-order chi connectivity index (χ1) is 15.7. The fourth-order valence-electron chi connectivity index (χ4n) is 3.42. The van der Waals surface area contributed by atoms with Gasteiger partial charge >= 0.3 is 5.69 Å². The molecule has 0 amide bonds. The molecule has 2 heterocycles. The van der Waals surface area contributed by atoms with Crippen molar-refractivity contribution in [3.05, 3.63) is 89.1 Å². The summed E-state index contributed by atoms with van der Waals surface area (Å²) < 4.78 is 3.22. The molecule has 32 heavy (non-hydrogen) atoms. The predicted octanol–water partition coefficient (Wildman–Crippen LogP) is 3.94. The molecule has 8 nitrogen and oxygen atoms in total. The van der Waals surface area contributed by atoms with Crippen LogP contribution in [0.3, 0.4) is 0 Å². The number of allylic oxidation sites excluding steroid dienone is 2. The molecule has 0 fully saturated rings. The van der Waals surface area contributed by atoms with E-state index in [0.717, 1.165) is 28.7 Å². The van der Waals surface area contributed by atoms with E-state index in [9.17, 15) is 4.79 Å². The molecule has 4 aromatic rings. The quantitative estimate of drug-likeness (QED) is 0.408. The molecule has 0 spiro atoms. The maximum absolute atomic E-state index is 12.9. The Morgan fingerprint density at radius 3 is 2.62 bits per heavy atom. The van der Waals surface area contributed by atoms with Crippen molar-refractivity contribution in [3.8, 4) is 22.5 Å². The maximum Gasteiger partial charge on any atom is 0.346 e. The maximum atomic E-state index is 12.9. The van der Waals surface area contributed by atoms with Crippen molar-refractivity contribution in [1.82, 2.24) is 35.0 Å². The molecule has 1 N–H and O–H groups in total. The molecule has 0 aliphatic carbocycles. The summed E-state index contributed by atoms with van der Waals surface area (Å²) in [5.41, 5.74) is 3.93. The number of rotatable bonds is 9. The van der Waals surface area contributed by atoms with Crippen LogP contribution in [0.1, 0.15) is 31.2 Å². The van der Waals surface area contributed by atoms with E-state index < -0.39 is 0 Å². The minimum absolute atomic E-state index is 0.112. The lowest BCUT2D eigenvalue weighted by Gasteiger charge is -2.07. The van der Waals surface area contributed by atoms with E-state index in [-0.39, 0.29) is 5.69 Å². The Hall–Kier alpha value is -4.07. The van der Waals surface area contributed by atoms with Crippen LogP contribution in [0.15, 0.2) is 72.1 Å². The average molecular weight is 428 g/mol. The third-order valence-corrected chi connectivity index (χ3v) is 5.09. The van der Waals surface area contributed by atoms with Crippen LogP contribution in [0.25, 0.3) is 28.6 Å². The van der Waals surface area contributed by atoms with Crippen molar-refractivity contribution in [2.45, 2.75) is 32.9 Å². The van der Waals surface area contributed by atoms with E-state index >= 15 is 0 Å². The fraction of sp³-hybridized carbons (Fsp3) is 0.208. The molecule has 0 atom stereocenters. The molecule has 0 bridgehead atoms. The Bertz CT molecular complexity index is 1260. The lowest BCUT2D eigenvalue weighted by Crippen LogP contribution is -2.25. The Morgan fingerprint density at radius 2 is 1.91 bits per heavy atom. The summed E-state index contributed by atoms with van der Waals surface area (Å²) >= 11 is 0. The summed E-state index contributed by atoms with van der Waals surface area (Å²) in [4.78, 5) is 12.9. The van der Waals surface area contributed by atoms with Crippen LogP contribution in [0.2, 0.25) is 0 Å². The van der Waals surface area contributed by atoms with E-state index in [4.69, 9.17) is 0 Å². The van der Waals surface area contributed by atoms with Gasteiger partial charge in [0.25, 0.3) is 0 Å². The molecule has 8 heteroatoms. The van der Waals surface area contributed by atoms with Crippen molar-refractivity contribution < 1.29 is 0 Å². The van der Waals surface area contributed by atoms with Gasteiger partial charge in [-0.3, -0.25) is 4.57 Å². The van der Waals surface area contributed by atoms with Crippen molar-refractivity contribution in [2.75, 3.05) is 0 Å². The SMILES string of the molecule is C=CCCn1nc(C=CCC)n(Cc2ccc(-c3cccc(-c4nn[nH]n4)c3)cc2)c1=O. The third kappa shape index (κ3) is 4.64. The number of H-pyrrole nitrogens is 1. The second-order valence-corrected chi connectivity index (χ2v) is 7.35. The second kappa shape index (κ2) is 9.82. The minimum Gasteiger partial charge on any atom is -0.271 e. The molecule has 0 aliphatic heterocycles. The molecule has 0 saturated heterocycles. The molecule has 0 aliphatic rings. The van der Waals surface area contributed by atoms with Gasteiger partial charge in [0.15, 0.2) is 5.82 Å². The summed E-state index contributed by atoms with van der Waals surface area (Å²) in [7, 11) is 0. The van der Waals surface area contributed by atoms with Crippen LogP contribution in [0.4, 0.5) is 0 Å². The number of hydrogen-bond donors (Lipinski definition) is 1. The van der Waals surface area contributed by atoms with Gasteiger partial charge in [-0.25, -0.2) is 9.48 Å². The molecule has 0 radical (unpaired) electrons. The zero-order valence-electron chi connectivity index (χ0n) is 18.0.